The van der Waals surface area contributed by atoms with Gasteiger partial charge in [0.25, 0.3) is 0 Å². The fourth-order valence-corrected chi connectivity index (χ4v) is 4.19. The van der Waals surface area contributed by atoms with Gasteiger partial charge < -0.3 is 0 Å². The molecule has 94 valence electrons. The van der Waals surface area contributed by atoms with Gasteiger partial charge in [0.05, 0.1) is 3.79 Å². The molecule has 3 N–H and O–H groups in total. The second-order valence-corrected chi connectivity index (χ2v) is 7.24. The smallest absolute Gasteiger partial charge is 0.0701 e. The third kappa shape index (κ3) is 2.26. The van der Waals surface area contributed by atoms with Crippen molar-refractivity contribution in [3.8, 4) is 0 Å². The summed E-state index contributed by atoms with van der Waals surface area (Å²) in [6, 6.07) is 13.2. The van der Waals surface area contributed by atoms with Crippen molar-refractivity contribution in [2.45, 2.75) is 24.8 Å². The molecule has 2 atom stereocenters. The number of nitrogens with two attached hydrogens (primary N) is 1. The van der Waals surface area contributed by atoms with Crippen LogP contribution in [0, 0.1) is 0 Å². The van der Waals surface area contributed by atoms with Gasteiger partial charge >= 0.3 is 0 Å². The van der Waals surface area contributed by atoms with E-state index in [-0.39, 0.29) is 0 Å². The molecule has 0 aliphatic heterocycles. The highest BCUT2D eigenvalue weighted by atomic mass is 79.9. The van der Waals surface area contributed by atoms with Crippen molar-refractivity contribution >= 4 is 27.3 Å². The predicted octanol–water partition coefficient (Wildman–Crippen LogP) is 3.22. The van der Waals surface area contributed by atoms with Gasteiger partial charge in [0.1, 0.15) is 0 Å². The SMILES string of the molecule is NNC(Cc1ccc(Br)s1)C1Cc2ccccc21. The first kappa shape index (κ1) is 12.4. The lowest BCUT2D eigenvalue weighted by Crippen LogP contribution is -2.45. The van der Waals surface area contributed by atoms with E-state index in [1.807, 2.05) is 0 Å². The molecule has 1 aliphatic rings. The van der Waals surface area contributed by atoms with Gasteiger partial charge in [0.15, 0.2) is 0 Å². The highest BCUT2D eigenvalue weighted by Gasteiger charge is 2.32. The van der Waals surface area contributed by atoms with E-state index in [2.05, 4.69) is 57.8 Å². The molecule has 2 aromatic rings. The minimum Gasteiger partial charge on any atom is -0.271 e. The van der Waals surface area contributed by atoms with E-state index in [0.717, 1.165) is 12.8 Å². The average Bonchev–Trinajstić information content (AvgIpc) is 2.75. The molecule has 1 aromatic carbocycles. The Morgan fingerprint density at radius 3 is 2.83 bits per heavy atom. The standard InChI is InChI=1S/C14H15BrN2S/c15-14-6-5-10(18-14)8-13(17-16)12-7-9-3-1-2-4-11(9)12/h1-6,12-13,17H,7-8,16H2. The zero-order valence-electron chi connectivity index (χ0n) is 9.90. The topological polar surface area (TPSA) is 38.0 Å². The van der Waals surface area contributed by atoms with Gasteiger partial charge in [-0.3, -0.25) is 11.3 Å². The number of hydrogen-bond donors (Lipinski definition) is 2. The summed E-state index contributed by atoms with van der Waals surface area (Å²) in [5, 5.41) is 0. The summed E-state index contributed by atoms with van der Waals surface area (Å²) in [4.78, 5) is 1.37. The third-order valence-electron chi connectivity index (χ3n) is 3.64. The molecule has 3 rings (SSSR count). The van der Waals surface area contributed by atoms with E-state index in [4.69, 9.17) is 5.84 Å². The molecule has 2 unspecified atom stereocenters. The van der Waals surface area contributed by atoms with Crippen LogP contribution < -0.4 is 11.3 Å². The van der Waals surface area contributed by atoms with Gasteiger partial charge in [-0.25, -0.2) is 0 Å². The molecule has 2 nitrogen and oxygen atoms in total. The minimum absolute atomic E-state index is 0.324. The highest BCUT2D eigenvalue weighted by Crippen LogP contribution is 2.38. The Hall–Kier alpha value is -0.680. The van der Waals surface area contributed by atoms with Gasteiger partial charge in [-0.15, -0.1) is 11.3 Å². The lowest BCUT2D eigenvalue weighted by Gasteiger charge is -2.36. The Morgan fingerprint density at radius 1 is 1.33 bits per heavy atom. The summed E-state index contributed by atoms with van der Waals surface area (Å²) in [6.07, 6.45) is 2.13. The molecule has 1 aliphatic carbocycles. The Kier molecular flexibility index (Phi) is 3.52. The number of benzene rings is 1. The number of nitrogens with one attached hydrogen (secondary N) is 1. The van der Waals surface area contributed by atoms with E-state index in [1.165, 1.54) is 19.8 Å². The molecule has 0 amide bonds. The molecule has 0 spiro atoms. The summed E-state index contributed by atoms with van der Waals surface area (Å²) < 4.78 is 1.18. The molecule has 1 aromatic heterocycles. The number of hydrazine groups is 1. The van der Waals surface area contributed by atoms with E-state index in [0.29, 0.717) is 12.0 Å². The molecule has 0 saturated heterocycles. The van der Waals surface area contributed by atoms with Crippen LogP contribution in [-0.2, 0) is 12.8 Å². The quantitative estimate of drug-likeness (QED) is 0.670. The molecule has 18 heavy (non-hydrogen) atoms. The summed E-state index contributed by atoms with van der Waals surface area (Å²) in [7, 11) is 0. The monoisotopic (exact) mass is 322 g/mol. The van der Waals surface area contributed by atoms with Crippen LogP contribution in [0.4, 0.5) is 0 Å². The summed E-state index contributed by atoms with van der Waals surface area (Å²) in [5.41, 5.74) is 5.92. The van der Waals surface area contributed by atoms with Crippen molar-refractivity contribution in [3.05, 3.63) is 56.2 Å². The average molecular weight is 323 g/mol. The normalized spacial score (nSPS) is 19.1. The third-order valence-corrected chi connectivity index (χ3v) is 5.29. The van der Waals surface area contributed by atoms with Gasteiger partial charge in [0.2, 0.25) is 0 Å². The maximum atomic E-state index is 5.74. The summed E-state index contributed by atoms with van der Waals surface area (Å²) in [6.45, 7) is 0. The maximum Gasteiger partial charge on any atom is 0.0701 e. The lowest BCUT2D eigenvalue weighted by atomic mass is 9.73. The van der Waals surface area contributed by atoms with E-state index in [1.54, 1.807) is 11.3 Å². The van der Waals surface area contributed by atoms with Crippen LogP contribution in [0.1, 0.15) is 21.9 Å². The maximum absolute atomic E-state index is 5.74. The first-order valence-corrected chi connectivity index (χ1v) is 7.67. The number of rotatable bonds is 4. The van der Waals surface area contributed by atoms with E-state index in [9.17, 15) is 0 Å². The largest absolute Gasteiger partial charge is 0.271 e. The second kappa shape index (κ2) is 5.13. The molecule has 1 heterocycles. The van der Waals surface area contributed by atoms with Crippen LogP contribution in [0.5, 0.6) is 0 Å². The number of thiophene rings is 1. The molecular weight excluding hydrogens is 308 g/mol. The Labute approximate surface area is 119 Å². The number of hydrogen-bond acceptors (Lipinski definition) is 3. The molecule has 0 radical (unpaired) electrons. The minimum atomic E-state index is 0.324. The van der Waals surface area contributed by atoms with Crippen LogP contribution >= 0.6 is 27.3 Å². The second-order valence-electron chi connectivity index (χ2n) is 4.69. The molecule has 0 fully saturated rings. The van der Waals surface area contributed by atoms with Crippen LogP contribution in [0.15, 0.2) is 40.2 Å². The lowest BCUT2D eigenvalue weighted by molar-refractivity contribution is 0.406. The number of fused-ring (bicyclic) bond motifs is 1. The van der Waals surface area contributed by atoms with Gasteiger partial charge in [-0.2, -0.15) is 0 Å². The predicted molar refractivity (Wildman–Crippen MR) is 79.7 cm³/mol. The van der Waals surface area contributed by atoms with Crippen molar-refractivity contribution in [2.24, 2.45) is 5.84 Å². The van der Waals surface area contributed by atoms with Gasteiger partial charge in [-0.1, -0.05) is 24.3 Å². The van der Waals surface area contributed by atoms with Crippen molar-refractivity contribution < 1.29 is 0 Å². The zero-order valence-corrected chi connectivity index (χ0v) is 12.3. The van der Waals surface area contributed by atoms with Gasteiger partial charge in [0, 0.05) is 16.8 Å². The van der Waals surface area contributed by atoms with Crippen molar-refractivity contribution in [2.75, 3.05) is 0 Å². The van der Waals surface area contributed by atoms with Crippen LogP contribution in [-0.4, -0.2) is 6.04 Å². The van der Waals surface area contributed by atoms with Gasteiger partial charge in [-0.05, 0) is 52.0 Å². The fourth-order valence-electron chi connectivity index (χ4n) is 2.65. The Morgan fingerprint density at radius 2 is 2.17 bits per heavy atom. The Balaban J connectivity index is 1.75. The molecular formula is C14H15BrN2S. The first-order valence-electron chi connectivity index (χ1n) is 6.06. The van der Waals surface area contributed by atoms with Crippen molar-refractivity contribution in [1.82, 2.24) is 5.43 Å². The van der Waals surface area contributed by atoms with Crippen molar-refractivity contribution in [3.63, 3.8) is 0 Å². The molecule has 0 bridgehead atoms. The summed E-state index contributed by atoms with van der Waals surface area (Å²) >= 11 is 5.29. The van der Waals surface area contributed by atoms with Crippen molar-refractivity contribution in [1.29, 1.82) is 0 Å². The highest BCUT2D eigenvalue weighted by molar-refractivity contribution is 9.11. The molecule has 0 saturated carbocycles. The number of halogens is 1. The molecule has 4 heteroatoms. The fraction of sp³-hybridized carbons (Fsp3) is 0.286. The van der Waals surface area contributed by atoms with Crippen LogP contribution in [0.3, 0.4) is 0 Å². The first-order chi connectivity index (χ1) is 8.78. The van der Waals surface area contributed by atoms with Crippen LogP contribution in [0.2, 0.25) is 0 Å². The summed E-state index contributed by atoms with van der Waals surface area (Å²) in [5.74, 6) is 6.29. The van der Waals surface area contributed by atoms with E-state index >= 15 is 0 Å². The zero-order chi connectivity index (χ0) is 12.5. The van der Waals surface area contributed by atoms with Crippen LogP contribution in [0.25, 0.3) is 0 Å². The Bertz CT molecular complexity index is 552. The van der Waals surface area contributed by atoms with E-state index < -0.39 is 0 Å².